The molecule has 1 heterocycles. The molecule has 1 aliphatic heterocycles. The Kier molecular flexibility index (Phi) is 3.79. The molecule has 1 saturated heterocycles. The van der Waals surface area contributed by atoms with Crippen molar-refractivity contribution in [2.75, 3.05) is 13.2 Å². The van der Waals surface area contributed by atoms with Gasteiger partial charge in [-0.15, -0.1) is 0 Å². The molecule has 0 bridgehead atoms. The molecule has 2 rings (SSSR count). The van der Waals surface area contributed by atoms with Crippen molar-refractivity contribution in [2.45, 2.75) is 25.4 Å². The predicted molar refractivity (Wildman–Crippen MR) is 60.3 cm³/mol. The molecule has 0 spiro atoms. The molecule has 1 aromatic carbocycles. The molecule has 0 aliphatic carbocycles. The average Bonchev–Trinajstić information content (AvgIpc) is 2.72. The number of hydrogen-bond donors (Lipinski definition) is 1. The highest BCUT2D eigenvalue weighted by molar-refractivity contribution is 5.31. The van der Waals surface area contributed by atoms with Crippen molar-refractivity contribution >= 4 is 0 Å². The lowest BCUT2D eigenvalue weighted by Gasteiger charge is -2.24. The summed E-state index contributed by atoms with van der Waals surface area (Å²) in [4.78, 5) is 0. The molecular weight excluding hydrogens is 244 g/mol. The third-order valence-corrected chi connectivity index (χ3v) is 2.78. The van der Waals surface area contributed by atoms with Crippen LogP contribution in [0.4, 0.5) is 8.78 Å². The molecule has 100 valence electrons. The summed E-state index contributed by atoms with van der Waals surface area (Å²) >= 11 is 0. The molecule has 4 nitrogen and oxygen atoms in total. The predicted octanol–water partition coefficient (Wildman–Crippen LogP) is 1.83. The highest BCUT2D eigenvalue weighted by Crippen LogP contribution is 2.35. The van der Waals surface area contributed by atoms with Crippen molar-refractivity contribution in [3.8, 4) is 5.75 Å². The van der Waals surface area contributed by atoms with Gasteiger partial charge in [-0.3, -0.25) is 0 Å². The second-order valence-electron chi connectivity index (χ2n) is 4.14. The minimum Gasteiger partial charge on any atom is -0.435 e. The molecule has 2 atom stereocenters. The van der Waals surface area contributed by atoms with Gasteiger partial charge in [0, 0.05) is 12.1 Å². The Bertz CT molecular complexity index is 416. The number of rotatable bonds is 4. The van der Waals surface area contributed by atoms with E-state index in [1.165, 1.54) is 12.1 Å². The van der Waals surface area contributed by atoms with Gasteiger partial charge in [-0.25, -0.2) is 0 Å². The molecule has 1 fully saturated rings. The molecular formula is C12H15F2NO3. The zero-order valence-corrected chi connectivity index (χ0v) is 9.94. The van der Waals surface area contributed by atoms with Crippen LogP contribution in [0, 0.1) is 0 Å². The minimum absolute atomic E-state index is 0.0760. The van der Waals surface area contributed by atoms with E-state index in [2.05, 4.69) is 4.74 Å². The average molecular weight is 259 g/mol. The number of alkyl halides is 2. The number of ether oxygens (including phenoxy) is 3. The van der Waals surface area contributed by atoms with E-state index in [-0.39, 0.29) is 11.9 Å². The maximum absolute atomic E-state index is 12.1. The van der Waals surface area contributed by atoms with E-state index in [1.807, 2.05) is 0 Å². The topological polar surface area (TPSA) is 53.7 Å². The highest BCUT2D eigenvalue weighted by Gasteiger charge is 2.38. The van der Waals surface area contributed by atoms with Gasteiger partial charge in [0.1, 0.15) is 5.75 Å². The summed E-state index contributed by atoms with van der Waals surface area (Å²) in [5, 5.41) is 0. The lowest BCUT2D eigenvalue weighted by Crippen LogP contribution is -2.27. The summed E-state index contributed by atoms with van der Waals surface area (Å²) in [6, 6.07) is 6.28. The largest absolute Gasteiger partial charge is 0.435 e. The SMILES string of the molecule is CC1(c2cccc(OC(F)F)c2)OCC(CN)O1. The molecule has 1 aliphatic rings. The molecule has 0 radical (unpaired) electrons. The van der Waals surface area contributed by atoms with Gasteiger partial charge in [0.25, 0.3) is 0 Å². The van der Waals surface area contributed by atoms with Crippen molar-refractivity contribution in [1.82, 2.24) is 0 Å². The van der Waals surface area contributed by atoms with Crippen molar-refractivity contribution in [3.63, 3.8) is 0 Å². The van der Waals surface area contributed by atoms with Crippen molar-refractivity contribution in [1.29, 1.82) is 0 Å². The van der Waals surface area contributed by atoms with Crippen molar-refractivity contribution in [2.24, 2.45) is 5.73 Å². The van der Waals surface area contributed by atoms with Crippen molar-refractivity contribution < 1.29 is 23.0 Å². The first-order valence-electron chi connectivity index (χ1n) is 5.60. The lowest BCUT2D eigenvalue weighted by molar-refractivity contribution is -0.160. The highest BCUT2D eigenvalue weighted by atomic mass is 19.3. The quantitative estimate of drug-likeness (QED) is 0.896. The molecule has 0 saturated carbocycles. The Morgan fingerprint density at radius 2 is 2.33 bits per heavy atom. The van der Waals surface area contributed by atoms with Gasteiger partial charge in [-0.05, 0) is 19.1 Å². The standard InChI is InChI=1S/C12H15F2NO3/c1-12(16-7-10(6-15)18-12)8-3-2-4-9(5-8)17-11(13)14/h2-5,10-11H,6-7,15H2,1H3. The van der Waals surface area contributed by atoms with Crippen LogP contribution in [0.5, 0.6) is 5.75 Å². The van der Waals surface area contributed by atoms with Crippen molar-refractivity contribution in [3.05, 3.63) is 29.8 Å². The van der Waals surface area contributed by atoms with Crippen LogP contribution >= 0.6 is 0 Å². The van der Waals surface area contributed by atoms with Gasteiger partial charge in [0.05, 0.1) is 12.7 Å². The monoisotopic (exact) mass is 259 g/mol. The van der Waals surface area contributed by atoms with Crippen LogP contribution < -0.4 is 10.5 Å². The minimum atomic E-state index is -2.85. The third-order valence-electron chi connectivity index (χ3n) is 2.78. The van der Waals surface area contributed by atoms with Crippen LogP contribution in [-0.2, 0) is 15.3 Å². The summed E-state index contributed by atoms with van der Waals surface area (Å²) in [6.45, 7) is -0.393. The smallest absolute Gasteiger partial charge is 0.387 e. The zero-order chi connectivity index (χ0) is 13.2. The van der Waals surface area contributed by atoms with Crippen LogP contribution in [0.25, 0.3) is 0 Å². The van der Waals surface area contributed by atoms with E-state index in [0.29, 0.717) is 18.7 Å². The van der Waals surface area contributed by atoms with Gasteiger partial charge < -0.3 is 19.9 Å². The Morgan fingerprint density at radius 1 is 1.56 bits per heavy atom. The Balaban J connectivity index is 2.18. The third kappa shape index (κ3) is 2.77. The summed E-state index contributed by atoms with van der Waals surface area (Å²) in [5.74, 6) is -0.891. The van der Waals surface area contributed by atoms with E-state index >= 15 is 0 Å². The first kappa shape index (κ1) is 13.2. The Morgan fingerprint density at radius 3 is 2.94 bits per heavy atom. The molecule has 1 aromatic rings. The summed E-state index contributed by atoms with van der Waals surface area (Å²) in [6.07, 6.45) is -0.185. The number of benzene rings is 1. The Labute approximate surface area is 104 Å². The fraction of sp³-hybridized carbons (Fsp3) is 0.500. The fourth-order valence-electron chi connectivity index (χ4n) is 1.86. The number of halogens is 2. The molecule has 18 heavy (non-hydrogen) atoms. The summed E-state index contributed by atoms with van der Waals surface area (Å²) in [5.41, 5.74) is 6.12. The normalized spacial score (nSPS) is 27.7. The van der Waals surface area contributed by atoms with E-state index in [9.17, 15) is 8.78 Å². The van der Waals surface area contributed by atoms with E-state index in [1.54, 1.807) is 19.1 Å². The summed E-state index contributed by atoms with van der Waals surface area (Å²) < 4.78 is 39.8. The van der Waals surface area contributed by atoms with Crippen LogP contribution in [-0.4, -0.2) is 25.9 Å². The maximum Gasteiger partial charge on any atom is 0.387 e. The van der Waals surface area contributed by atoms with Gasteiger partial charge in [0.2, 0.25) is 0 Å². The molecule has 6 heteroatoms. The van der Waals surface area contributed by atoms with Crippen LogP contribution in [0.1, 0.15) is 12.5 Å². The van der Waals surface area contributed by atoms with E-state index in [4.69, 9.17) is 15.2 Å². The first-order valence-corrected chi connectivity index (χ1v) is 5.60. The number of hydrogen-bond acceptors (Lipinski definition) is 4. The second-order valence-corrected chi connectivity index (χ2v) is 4.14. The van der Waals surface area contributed by atoms with Gasteiger partial charge in [0.15, 0.2) is 5.79 Å². The second kappa shape index (κ2) is 5.17. The zero-order valence-electron chi connectivity index (χ0n) is 9.94. The van der Waals surface area contributed by atoms with E-state index in [0.717, 1.165) is 0 Å². The van der Waals surface area contributed by atoms with E-state index < -0.39 is 12.4 Å². The van der Waals surface area contributed by atoms with Gasteiger partial charge >= 0.3 is 6.61 Å². The van der Waals surface area contributed by atoms with Gasteiger partial charge in [-0.2, -0.15) is 8.78 Å². The number of nitrogens with two attached hydrogens (primary N) is 1. The van der Waals surface area contributed by atoms with Crippen LogP contribution in [0.15, 0.2) is 24.3 Å². The van der Waals surface area contributed by atoms with Gasteiger partial charge in [-0.1, -0.05) is 12.1 Å². The molecule has 0 amide bonds. The van der Waals surface area contributed by atoms with Crippen LogP contribution in [0.3, 0.4) is 0 Å². The molecule has 2 unspecified atom stereocenters. The molecule has 2 N–H and O–H groups in total. The first-order chi connectivity index (χ1) is 8.53. The summed E-state index contributed by atoms with van der Waals surface area (Å²) in [7, 11) is 0. The maximum atomic E-state index is 12.1. The molecule has 0 aromatic heterocycles. The Hall–Kier alpha value is -1.24. The lowest BCUT2D eigenvalue weighted by atomic mass is 10.1. The fourth-order valence-corrected chi connectivity index (χ4v) is 1.86. The van der Waals surface area contributed by atoms with Crippen LogP contribution in [0.2, 0.25) is 0 Å².